The average molecular weight is 461 g/mol. The zero-order chi connectivity index (χ0) is 21.3. The summed E-state index contributed by atoms with van der Waals surface area (Å²) in [5.41, 5.74) is 3.23. The highest BCUT2D eigenvalue weighted by Gasteiger charge is 2.26. The molecule has 1 saturated heterocycles. The molecule has 7 heteroatoms. The third-order valence-corrected chi connectivity index (χ3v) is 6.21. The lowest BCUT2D eigenvalue weighted by atomic mass is 10.1. The Morgan fingerprint density at radius 3 is 2.52 bits per heavy atom. The molecule has 3 aromatic rings. The fourth-order valence-corrected chi connectivity index (χ4v) is 4.30. The fourth-order valence-electron chi connectivity index (χ4n) is 4.03. The van der Waals surface area contributed by atoms with Gasteiger partial charge < -0.3 is 9.73 Å². The van der Waals surface area contributed by atoms with E-state index in [1.165, 1.54) is 6.07 Å². The van der Waals surface area contributed by atoms with E-state index in [1.54, 1.807) is 12.1 Å². The number of carbonyl (C=O) groups is 1. The number of carbonyl (C=O) groups excluding carboxylic acids is 1. The van der Waals surface area contributed by atoms with Gasteiger partial charge >= 0.3 is 0 Å². The lowest BCUT2D eigenvalue weighted by Crippen LogP contribution is -2.37. The number of nitrogens with one attached hydrogen (secondary N) is 1. The van der Waals surface area contributed by atoms with Crippen LogP contribution in [0.25, 0.3) is 11.0 Å². The van der Waals surface area contributed by atoms with Gasteiger partial charge in [0.05, 0.1) is 11.4 Å². The first kappa shape index (κ1) is 23.3. The molecule has 1 unspecified atom stereocenters. The molecule has 5 nitrogen and oxygen atoms in total. The van der Waals surface area contributed by atoms with Crippen LogP contribution in [-0.4, -0.2) is 30.4 Å². The van der Waals surface area contributed by atoms with E-state index >= 15 is 0 Å². The Hall–Kier alpha value is -2.34. The number of rotatable bonds is 5. The third kappa shape index (κ3) is 4.95. The van der Waals surface area contributed by atoms with Crippen LogP contribution in [0.2, 0.25) is 5.02 Å². The van der Waals surface area contributed by atoms with Crippen molar-refractivity contribution >= 4 is 40.9 Å². The molecular weight excluding hydrogens is 435 g/mol. The van der Waals surface area contributed by atoms with Crippen molar-refractivity contribution in [1.82, 2.24) is 10.2 Å². The first-order chi connectivity index (χ1) is 14.4. The molecule has 0 radical (unpaired) electrons. The van der Waals surface area contributed by atoms with Crippen molar-refractivity contribution in [2.75, 3.05) is 19.6 Å². The van der Waals surface area contributed by atoms with E-state index in [0.717, 1.165) is 42.6 Å². The van der Waals surface area contributed by atoms with Crippen LogP contribution in [-0.2, 0) is 0 Å². The van der Waals surface area contributed by atoms with Crippen molar-refractivity contribution in [3.05, 3.63) is 80.2 Å². The van der Waals surface area contributed by atoms with Gasteiger partial charge in [0.25, 0.3) is 5.91 Å². The van der Waals surface area contributed by atoms with Crippen LogP contribution in [0.15, 0.2) is 51.7 Å². The molecule has 1 fully saturated rings. The van der Waals surface area contributed by atoms with Gasteiger partial charge in [-0.2, -0.15) is 0 Å². The van der Waals surface area contributed by atoms with E-state index in [9.17, 15) is 9.59 Å². The quantitative estimate of drug-likeness (QED) is 0.578. The topological polar surface area (TPSA) is 62.6 Å². The second kappa shape index (κ2) is 9.86. The summed E-state index contributed by atoms with van der Waals surface area (Å²) in [6.45, 7) is 6.22. The zero-order valence-corrected chi connectivity index (χ0v) is 19.2. The summed E-state index contributed by atoms with van der Waals surface area (Å²) in [5.74, 6) is -0.376. The van der Waals surface area contributed by atoms with Gasteiger partial charge in [-0.1, -0.05) is 29.8 Å². The van der Waals surface area contributed by atoms with Gasteiger partial charge in [0.2, 0.25) is 0 Å². The molecule has 4 rings (SSSR count). The maximum absolute atomic E-state index is 12.8. The normalized spacial score (nSPS) is 14.9. The lowest BCUT2D eigenvalue weighted by Gasteiger charge is -2.28. The number of likely N-dealkylation sites (tertiary alicyclic amines) is 1. The van der Waals surface area contributed by atoms with E-state index in [2.05, 4.69) is 10.2 Å². The molecule has 0 saturated carbocycles. The fraction of sp³-hybridized carbons (Fsp3) is 0.333. The van der Waals surface area contributed by atoms with Crippen LogP contribution < -0.4 is 10.7 Å². The first-order valence-corrected chi connectivity index (χ1v) is 10.6. The molecule has 0 spiro atoms. The van der Waals surface area contributed by atoms with Crippen molar-refractivity contribution in [3.8, 4) is 0 Å². The van der Waals surface area contributed by atoms with Gasteiger partial charge in [0.15, 0.2) is 11.2 Å². The van der Waals surface area contributed by atoms with E-state index < -0.39 is 5.91 Å². The van der Waals surface area contributed by atoms with Crippen molar-refractivity contribution in [2.24, 2.45) is 0 Å². The van der Waals surface area contributed by atoms with Gasteiger partial charge in [0, 0.05) is 17.6 Å². The summed E-state index contributed by atoms with van der Waals surface area (Å²) in [6.07, 6.45) is 2.26. The second-order valence-corrected chi connectivity index (χ2v) is 8.31. The molecule has 0 aliphatic carbocycles. The molecule has 1 atom stereocenters. The summed E-state index contributed by atoms with van der Waals surface area (Å²) >= 11 is 6.44. The molecule has 31 heavy (non-hydrogen) atoms. The minimum absolute atomic E-state index is 0. The molecule has 2 aromatic carbocycles. The van der Waals surface area contributed by atoms with Crippen LogP contribution >= 0.6 is 24.0 Å². The predicted molar refractivity (Wildman–Crippen MR) is 127 cm³/mol. The van der Waals surface area contributed by atoms with Crippen molar-refractivity contribution in [2.45, 2.75) is 32.7 Å². The van der Waals surface area contributed by atoms with E-state index in [0.29, 0.717) is 22.5 Å². The molecule has 1 aliphatic rings. The summed E-state index contributed by atoms with van der Waals surface area (Å²) in [7, 11) is 0. The highest BCUT2D eigenvalue weighted by Crippen LogP contribution is 2.29. The van der Waals surface area contributed by atoms with Gasteiger partial charge in [-0.25, -0.2) is 0 Å². The number of hydrogen-bond donors (Lipinski definition) is 1. The number of aryl methyl sites for hydroxylation is 2. The highest BCUT2D eigenvalue weighted by atomic mass is 35.5. The second-order valence-electron chi connectivity index (χ2n) is 7.90. The zero-order valence-electron chi connectivity index (χ0n) is 17.6. The van der Waals surface area contributed by atoms with E-state index in [-0.39, 0.29) is 29.6 Å². The van der Waals surface area contributed by atoms with Crippen molar-refractivity contribution in [3.63, 3.8) is 0 Å². The maximum atomic E-state index is 12.8. The SMILES string of the molecule is Cc1cc2oc(C(=O)NCC(c3ccccc3Cl)N3CCCC3)cc(=O)c2cc1C.Cl. The predicted octanol–water partition coefficient (Wildman–Crippen LogP) is 5.05. The van der Waals surface area contributed by atoms with E-state index in [4.69, 9.17) is 16.0 Å². The molecule has 1 amide bonds. The molecule has 1 N–H and O–H groups in total. The Kier molecular flexibility index (Phi) is 7.42. The maximum Gasteiger partial charge on any atom is 0.287 e. The highest BCUT2D eigenvalue weighted by molar-refractivity contribution is 6.31. The summed E-state index contributed by atoms with van der Waals surface area (Å²) in [4.78, 5) is 27.7. The average Bonchev–Trinajstić information content (AvgIpc) is 3.25. The minimum Gasteiger partial charge on any atom is -0.451 e. The number of nitrogens with zero attached hydrogens (tertiary/aromatic N) is 1. The first-order valence-electron chi connectivity index (χ1n) is 10.3. The van der Waals surface area contributed by atoms with Crippen LogP contribution in [0, 0.1) is 13.8 Å². The van der Waals surface area contributed by atoms with Gasteiger partial charge in [-0.3, -0.25) is 14.5 Å². The summed E-state index contributed by atoms with van der Waals surface area (Å²) in [5, 5.41) is 4.12. The molecule has 164 valence electrons. The monoisotopic (exact) mass is 460 g/mol. The van der Waals surface area contributed by atoms with Crippen LogP contribution in [0.1, 0.15) is 46.1 Å². The summed E-state index contributed by atoms with van der Waals surface area (Å²) < 4.78 is 5.78. The Bertz CT molecular complexity index is 1150. The molecule has 1 aliphatic heterocycles. The van der Waals surface area contributed by atoms with Gasteiger partial charge in [0.1, 0.15) is 5.58 Å². The molecule has 2 heterocycles. The van der Waals surface area contributed by atoms with Crippen LogP contribution in [0.4, 0.5) is 0 Å². The number of amides is 1. The number of hydrogen-bond acceptors (Lipinski definition) is 4. The van der Waals surface area contributed by atoms with Gasteiger partial charge in [-0.05, 0) is 74.7 Å². The van der Waals surface area contributed by atoms with Crippen LogP contribution in [0.5, 0.6) is 0 Å². The van der Waals surface area contributed by atoms with Crippen molar-refractivity contribution < 1.29 is 9.21 Å². The Labute approximate surface area is 192 Å². The number of halogens is 2. The standard InChI is InChI=1S/C24H25ClN2O3.ClH/c1-15-11-18-21(28)13-23(30-22(18)12-16(15)2)24(29)26-14-20(27-9-5-6-10-27)17-7-3-4-8-19(17)25;/h3-4,7-8,11-13,20H,5-6,9-10,14H2,1-2H3,(H,26,29);1H. The third-order valence-electron chi connectivity index (χ3n) is 5.87. The molecule has 0 bridgehead atoms. The van der Waals surface area contributed by atoms with E-state index in [1.807, 2.05) is 38.1 Å². The number of benzene rings is 2. The Morgan fingerprint density at radius 1 is 1.13 bits per heavy atom. The molecule has 1 aromatic heterocycles. The Morgan fingerprint density at radius 2 is 1.81 bits per heavy atom. The molecular formula is C24H26Cl2N2O3. The Balaban J connectivity index is 0.00000272. The van der Waals surface area contributed by atoms with Gasteiger partial charge in [-0.15, -0.1) is 12.4 Å². The largest absolute Gasteiger partial charge is 0.451 e. The van der Waals surface area contributed by atoms with Crippen LogP contribution in [0.3, 0.4) is 0 Å². The van der Waals surface area contributed by atoms with Crippen molar-refractivity contribution in [1.29, 1.82) is 0 Å². The lowest BCUT2D eigenvalue weighted by molar-refractivity contribution is 0.0910. The smallest absolute Gasteiger partial charge is 0.287 e. The summed E-state index contributed by atoms with van der Waals surface area (Å²) in [6, 6.07) is 12.6. The number of fused-ring (bicyclic) bond motifs is 1. The minimum atomic E-state index is -0.400.